The van der Waals surface area contributed by atoms with Crippen LogP contribution >= 0.6 is 11.3 Å². The van der Waals surface area contributed by atoms with Gasteiger partial charge in [0.1, 0.15) is 0 Å². The Bertz CT molecular complexity index is 726. The molecule has 4 heteroatoms. The summed E-state index contributed by atoms with van der Waals surface area (Å²) in [5.41, 5.74) is 2.60. The first-order chi connectivity index (χ1) is 9.66. The minimum absolute atomic E-state index is 0.349. The average molecular weight is 285 g/mol. The predicted octanol–water partition coefficient (Wildman–Crippen LogP) is 3.79. The zero-order valence-corrected chi connectivity index (χ0v) is 12.9. The van der Waals surface area contributed by atoms with E-state index in [2.05, 4.69) is 54.6 Å². The Hall–Kier alpha value is -1.65. The molecule has 0 saturated heterocycles. The highest BCUT2D eigenvalue weighted by atomic mass is 32.1. The summed E-state index contributed by atoms with van der Waals surface area (Å²) in [6.45, 7) is 5.29. The second kappa shape index (κ2) is 5.38. The molecule has 1 atom stereocenters. The summed E-state index contributed by atoms with van der Waals surface area (Å²) in [5.74, 6) is 0. The Morgan fingerprint density at radius 2 is 2.10 bits per heavy atom. The van der Waals surface area contributed by atoms with Crippen LogP contribution in [0.15, 0.2) is 36.5 Å². The lowest BCUT2D eigenvalue weighted by Gasteiger charge is -2.13. The van der Waals surface area contributed by atoms with Gasteiger partial charge in [0, 0.05) is 35.4 Å². The van der Waals surface area contributed by atoms with E-state index in [1.54, 1.807) is 0 Å². The molecular weight excluding hydrogens is 266 g/mol. The van der Waals surface area contributed by atoms with Crippen LogP contribution in [-0.4, -0.2) is 9.78 Å². The quantitative estimate of drug-likeness (QED) is 0.790. The van der Waals surface area contributed by atoms with Gasteiger partial charge in [0.2, 0.25) is 0 Å². The standard InChI is InChI=1S/C16H19N3S/c1-11-14-6-4-5-7-15(14)20-16(11)12(2)17-10-13-8-9-18-19(13)3/h4-9,12,17H,10H2,1-3H3. The van der Waals surface area contributed by atoms with Crippen LogP contribution in [0.4, 0.5) is 0 Å². The summed E-state index contributed by atoms with van der Waals surface area (Å²) in [6, 6.07) is 11.0. The van der Waals surface area contributed by atoms with Crippen molar-refractivity contribution in [1.29, 1.82) is 0 Å². The van der Waals surface area contributed by atoms with Crippen molar-refractivity contribution in [3.63, 3.8) is 0 Å². The topological polar surface area (TPSA) is 29.9 Å². The van der Waals surface area contributed by atoms with Crippen molar-refractivity contribution in [2.24, 2.45) is 7.05 Å². The van der Waals surface area contributed by atoms with E-state index in [9.17, 15) is 0 Å². The number of hydrogen-bond donors (Lipinski definition) is 1. The molecule has 0 spiro atoms. The average Bonchev–Trinajstić information content (AvgIpc) is 3.01. The van der Waals surface area contributed by atoms with E-state index in [-0.39, 0.29) is 0 Å². The molecule has 0 amide bonds. The molecular formula is C16H19N3S. The molecule has 0 radical (unpaired) electrons. The van der Waals surface area contributed by atoms with Crippen LogP contribution in [0, 0.1) is 6.92 Å². The molecule has 0 bridgehead atoms. The summed E-state index contributed by atoms with van der Waals surface area (Å²) >= 11 is 1.89. The maximum Gasteiger partial charge on any atom is 0.0518 e. The highest BCUT2D eigenvalue weighted by Crippen LogP contribution is 2.34. The fourth-order valence-electron chi connectivity index (χ4n) is 2.53. The van der Waals surface area contributed by atoms with Crippen molar-refractivity contribution >= 4 is 21.4 Å². The highest BCUT2D eigenvalue weighted by Gasteiger charge is 2.14. The molecule has 0 aliphatic rings. The molecule has 1 aromatic carbocycles. The van der Waals surface area contributed by atoms with Crippen molar-refractivity contribution < 1.29 is 0 Å². The number of aryl methyl sites for hydroxylation is 2. The van der Waals surface area contributed by atoms with Crippen LogP contribution in [0.3, 0.4) is 0 Å². The van der Waals surface area contributed by atoms with E-state index < -0.39 is 0 Å². The first-order valence-corrected chi connectivity index (χ1v) is 7.66. The van der Waals surface area contributed by atoms with E-state index >= 15 is 0 Å². The van der Waals surface area contributed by atoms with Crippen molar-refractivity contribution in [3.8, 4) is 0 Å². The second-order valence-corrected chi connectivity index (χ2v) is 6.22. The van der Waals surface area contributed by atoms with Gasteiger partial charge in [-0.1, -0.05) is 18.2 Å². The Morgan fingerprint density at radius 3 is 2.80 bits per heavy atom. The fraction of sp³-hybridized carbons (Fsp3) is 0.312. The van der Waals surface area contributed by atoms with Gasteiger partial charge in [-0.2, -0.15) is 5.10 Å². The highest BCUT2D eigenvalue weighted by molar-refractivity contribution is 7.19. The van der Waals surface area contributed by atoms with Crippen molar-refractivity contribution in [3.05, 3.63) is 52.7 Å². The third-order valence-electron chi connectivity index (χ3n) is 3.79. The van der Waals surface area contributed by atoms with Gasteiger partial charge < -0.3 is 5.32 Å². The van der Waals surface area contributed by atoms with Gasteiger partial charge in [0.05, 0.1) is 5.69 Å². The smallest absolute Gasteiger partial charge is 0.0518 e. The van der Waals surface area contributed by atoms with Crippen LogP contribution in [-0.2, 0) is 13.6 Å². The molecule has 3 aromatic rings. The minimum Gasteiger partial charge on any atom is -0.304 e. The van der Waals surface area contributed by atoms with Gasteiger partial charge in [-0.25, -0.2) is 0 Å². The van der Waals surface area contributed by atoms with Crippen molar-refractivity contribution in [1.82, 2.24) is 15.1 Å². The van der Waals surface area contributed by atoms with Gasteiger partial charge in [0.15, 0.2) is 0 Å². The Kier molecular flexibility index (Phi) is 3.59. The van der Waals surface area contributed by atoms with E-state index in [0.29, 0.717) is 6.04 Å². The van der Waals surface area contributed by atoms with Gasteiger partial charge in [0.25, 0.3) is 0 Å². The van der Waals surface area contributed by atoms with Crippen LogP contribution in [0.5, 0.6) is 0 Å². The molecule has 104 valence electrons. The van der Waals surface area contributed by atoms with Gasteiger partial charge in [-0.3, -0.25) is 4.68 Å². The van der Waals surface area contributed by atoms with Crippen LogP contribution < -0.4 is 5.32 Å². The molecule has 0 aliphatic heterocycles. The number of thiophene rings is 1. The maximum atomic E-state index is 4.20. The summed E-state index contributed by atoms with van der Waals surface area (Å²) in [5, 5.41) is 9.17. The third-order valence-corrected chi connectivity index (χ3v) is 5.24. The van der Waals surface area contributed by atoms with Crippen molar-refractivity contribution in [2.45, 2.75) is 26.4 Å². The Labute approximate surface area is 123 Å². The fourth-order valence-corrected chi connectivity index (χ4v) is 3.77. The lowest BCUT2D eigenvalue weighted by molar-refractivity contribution is 0.553. The summed E-state index contributed by atoms with van der Waals surface area (Å²) < 4.78 is 3.28. The van der Waals surface area contributed by atoms with Crippen molar-refractivity contribution in [2.75, 3.05) is 0 Å². The Morgan fingerprint density at radius 1 is 1.30 bits per heavy atom. The largest absolute Gasteiger partial charge is 0.304 e. The van der Waals surface area contributed by atoms with E-state index in [4.69, 9.17) is 0 Å². The molecule has 3 rings (SSSR count). The SMILES string of the molecule is Cc1c(C(C)NCc2ccnn2C)sc2ccccc12. The first-order valence-electron chi connectivity index (χ1n) is 6.85. The van der Waals surface area contributed by atoms with Gasteiger partial charge >= 0.3 is 0 Å². The molecule has 2 heterocycles. The van der Waals surface area contributed by atoms with Crippen LogP contribution in [0.2, 0.25) is 0 Å². The summed E-state index contributed by atoms with van der Waals surface area (Å²) in [6.07, 6.45) is 1.84. The number of benzene rings is 1. The van der Waals surface area contributed by atoms with Crippen LogP contribution in [0.1, 0.15) is 29.1 Å². The third kappa shape index (κ3) is 2.37. The predicted molar refractivity (Wildman–Crippen MR) is 85.0 cm³/mol. The molecule has 20 heavy (non-hydrogen) atoms. The molecule has 1 N–H and O–H groups in total. The molecule has 0 aliphatic carbocycles. The van der Waals surface area contributed by atoms with E-state index in [0.717, 1.165) is 6.54 Å². The van der Waals surface area contributed by atoms with E-state index in [1.807, 2.05) is 29.3 Å². The van der Waals surface area contributed by atoms with Gasteiger partial charge in [-0.15, -0.1) is 11.3 Å². The first kappa shape index (κ1) is 13.3. The summed E-state index contributed by atoms with van der Waals surface area (Å²) in [4.78, 5) is 1.42. The second-order valence-electron chi connectivity index (χ2n) is 5.14. The molecule has 0 saturated carbocycles. The maximum absolute atomic E-state index is 4.20. The number of fused-ring (bicyclic) bond motifs is 1. The number of hydrogen-bond acceptors (Lipinski definition) is 3. The zero-order chi connectivity index (χ0) is 14.1. The summed E-state index contributed by atoms with van der Waals surface area (Å²) in [7, 11) is 1.98. The number of nitrogens with one attached hydrogen (secondary N) is 1. The van der Waals surface area contributed by atoms with Gasteiger partial charge in [-0.05, 0) is 36.9 Å². The number of aromatic nitrogens is 2. The zero-order valence-electron chi connectivity index (χ0n) is 12.1. The Balaban J connectivity index is 1.80. The minimum atomic E-state index is 0.349. The van der Waals surface area contributed by atoms with Crippen LogP contribution in [0.25, 0.3) is 10.1 Å². The molecule has 2 aromatic heterocycles. The van der Waals surface area contributed by atoms with E-state index in [1.165, 1.54) is 26.2 Å². The lowest BCUT2D eigenvalue weighted by Crippen LogP contribution is -2.19. The molecule has 1 unspecified atom stereocenters. The molecule has 0 fully saturated rings. The number of rotatable bonds is 4. The monoisotopic (exact) mass is 285 g/mol. The molecule has 3 nitrogen and oxygen atoms in total. The normalized spacial score (nSPS) is 12.9. The lowest BCUT2D eigenvalue weighted by atomic mass is 10.1. The number of nitrogens with zero attached hydrogens (tertiary/aromatic N) is 2.